The highest BCUT2D eigenvalue weighted by Crippen LogP contribution is 2.46. The lowest BCUT2D eigenvalue weighted by atomic mass is 9.71. The van der Waals surface area contributed by atoms with E-state index in [4.69, 9.17) is 9.47 Å². The Morgan fingerprint density at radius 1 is 1.28 bits per heavy atom. The molecule has 0 unspecified atom stereocenters. The SMILES string of the molecule is COC[C@@H]1CN(Cc2cccs2)CC12CCN(C1CCOCC1)CC2. The zero-order chi connectivity index (χ0) is 17.1. The van der Waals surface area contributed by atoms with Crippen LogP contribution in [0.3, 0.4) is 0 Å². The van der Waals surface area contributed by atoms with E-state index in [9.17, 15) is 0 Å². The van der Waals surface area contributed by atoms with E-state index in [0.29, 0.717) is 11.3 Å². The van der Waals surface area contributed by atoms with Crippen molar-refractivity contribution in [3.8, 4) is 0 Å². The molecule has 0 amide bonds. The van der Waals surface area contributed by atoms with Gasteiger partial charge in [0.1, 0.15) is 0 Å². The number of ether oxygens (including phenoxy) is 2. The summed E-state index contributed by atoms with van der Waals surface area (Å²) < 4.78 is 11.2. The van der Waals surface area contributed by atoms with Crippen LogP contribution in [0.2, 0.25) is 0 Å². The van der Waals surface area contributed by atoms with Gasteiger partial charge in [0.05, 0.1) is 6.61 Å². The molecule has 3 aliphatic heterocycles. The molecule has 4 heterocycles. The van der Waals surface area contributed by atoms with Crippen molar-refractivity contribution in [3.63, 3.8) is 0 Å². The molecule has 4 nitrogen and oxygen atoms in total. The Balaban J connectivity index is 1.38. The summed E-state index contributed by atoms with van der Waals surface area (Å²) in [6.07, 6.45) is 5.11. The molecule has 4 rings (SSSR count). The minimum absolute atomic E-state index is 0.467. The van der Waals surface area contributed by atoms with Crippen molar-refractivity contribution < 1.29 is 9.47 Å². The van der Waals surface area contributed by atoms with Gasteiger partial charge in [-0.25, -0.2) is 0 Å². The van der Waals surface area contributed by atoms with Crippen molar-refractivity contribution in [2.24, 2.45) is 11.3 Å². The van der Waals surface area contributed by atoms with Gasteiger partial charge in [-0.15, -0.1) is 11.3 Å². The Kier molecular flexibility index (Phi) is 5.77. The molecule has 140 valence electrons. The fraction of sp³-hybridized carbons (Fsp3) is 0.800. The van der Waals surface area contributed by atoms with Gasteiger partial charge in [-0.2, -0.15) is 0 Å². The zero-order valence-corrected chi connectivity index (χ0v) is 16.3. The van der Waals surface area contributed by atoms with Gasteiger partial charge in [0.25, 0.3) is 0 Å². The van der Waals surface area contributed by atoms with E-state index in [1.165, 1.54) is 56.7 Å². The van der Waals surface area contributed by atoms with Crippen molar-refractivity contribution in [2.45, 2.75) is 38.3 Å². The highest BCUT2D eigenvalue weighted by molar-refractivity contribution is 7.09. The zero-order valence-electron chi connectivity index (χ0n) is 15.5. The highest BCUT2D eigenvalue weighted by Gasteiger charge is 2.48. The predicted octanol–water partition coefficient (Wildman–Crippen LogP) is 3.09. The first kappa shape index (κ1) is 17.9. The minimum atomic E-state index is 0.467. The van der Waals surface area contributed by atoms with E-state index in [2.05, 4.69) is 27.3 Å². The number of hydrogen-bond donors (Lipinski definition) is 0. The number of nitrogens with zero attached hydrogens (tertiary/aromatic N) is 2. The summed E-state index contributed by atoms with van der Waals surface area (Å²) in [6.45, 7) is 8.90. The third kappa shape index (κ3) is 3.96. The third-order valence-corrected chi connectivity index (χ3v) is 7.57. The summed E-state index contributed by atoms with van der Waals surface area (Å²) in [4.78, 5) is 6.92. The van der Waals surface area contributed by atoms with Gasteiger partial charge in [-0.1, -0.05) is 6.07 Å². The summed E-state index contributed by atoms with van der Waals surface area (Å²) in [6, 6.07) is 5.20. The van der Waals surface area contributed by atoms with Gasteiger partial charge < -0.3 is 14.4 Å². The number of rotatable bonds is 5. The molecule has 0 aromatic carbocycles. The summed E-state index contributed by atoms with van der Waals surface area (Å²) >= 11 is 1.89. The highest BCUT2D eigenvalue weighted by atomic mass is 32.1. The monoisotopic (exact) mass is 364 g/mol. The number of likely N-dealkylation sites (tertiary alicyclic amines) is 2. The molecule has 0 bridgehead atoms. The van der Waals surface area contributed by atoms with Crippen LogP contribution in [0, 0.1) is 11.3 Å². The maximum atomic E-state index is 5.63. The van der Waals surface area contributed by atoms with Crippen LogP contribution in [-0.4, -0.2) is 69.0 Å². The Morgan fingerprint density at radius 3 is 2.76 bits per heavy atom. The summed E-state index contributed by atoms with van der Waals surface area (Å²) in [5.74, 6) is 0.689. The lowest BCUT2D eigenvalue weighted by molar-refractivity contribution is -0.0109. The van der Waals surface area contributed by atoms with Crippen LogP contribution in [0.4, 0.5) is 0 Å². The van der Waals surface area contributed by atoms with E-state index in [1.807, 2.05) is 18.4 Å². The first-order valence-corrected chi connectivity index (χ1v) is 10.7. The standard InChI is InChI=1S/C20H32N2O2S/c1-23-15-17-13-21(14-19-3-2-12-25-19)16-20(17)6-8-22(9-7-20)18-4-10-24-11-5-18/h2-3,12,17-18H,4-11,13-16H2,1H3/t17-/m0/s1. The van der Waals surface area contributed by atoms with Crippen molar-refractivity contribution in [2.75, 3.05) is 53.1 Å². The number of thiophene rings is 1. The molecule has 1 atom stereocenters. The number of methoxy groups -OCH3 is 1. The maximum absolute atomic E-state index is 5.63. The molecule has 3 aliphatic rings. The van der Waals surface area contributed by atoms with Gasteiger partial charge in [0.15, 0.2) is 0 Å². The average molecular weight is 365 g/mol. The van der Waals surface area contributed by atoms with Crippen LogP contribution in [0.15, 0.2) is 17.5 Å². The second-order valence-electron chi connectivity index (χ2n) is 8.14. The number of hydrogen-bond acceptors (Lipinski definition) is 5. The van der Waals surface area contributed by atoms with Crippen molar-refractivity contribution in [1.82, 2.24) is 9.80 Å². The van der Waals surface area contributed by atoms with E-state index in [-0.39, 0.29) is 0 Å². The molecule has 1 aromatic rings. The topological polar surface area (TPSA) is 24.9 Å². The van der Waals surface area contributed by atoms with Crippen LogP contribution < -0.4 is 0 Å². The second-order valence-corrected chi connectivity index (χ2v) is 9.18. The molecule has 1 aromatic heterocycles. The van der Waals surface area contributed by atoms with Crippen molar-refractivity contribution >= 4 is 11.3 Å². The first-order chi connectivity index (χ1) is 12.3. The third-order valence-electron chi connectivity index (χ3n) is 6.71. The van der Waals surface area contributed by atoms with Gasteiger partial charge in [0, 0.05) is 56.8 Å². The largest absolute Gasteiger partial charge is 0.384 e. The van der Waals surface area contributed by atoms with E-state index in [1.54, 1.807) is 0 Å². The van der Waals surface area contributed by atoms with Crippen LogP contribution >= 0.6 is 11.3 Å². The summed E-state index contributed by atoms with van der Waals surface area (Å²) in [5, 5.41) is 2.19. The predicted molar refractivity (Wildman–Crippen MR) is 102 cm³/mol. The molecule has 3 saturated heterocycles. The summed E-state index contributed by atoms with van der Waals surface area (Å²) in [7, 11) is 1.87. The molecular weight excluding hydrogens is 332 g/mol. The molecule has 5 heteroatoms. The van der Waals surface area contributed by atoms with Crippen LogP contribution in [0.25, 0.3) is 0 Å². The lowest BCUT2D eigenvalue weighted by Gasteiger charge is -2.46. The Bertz CT molecular complexity index is 522. The van der Waals surface area contributed by atoms with E-state index in [0.717, 1.165) is 32.4 Å². The van der Waals surface area contributed by atoms with Gasteiger partial charge >= 0.3 is 0 Å². The average Bonchev–Trinajstić information content (AvgIpc) is 3.26. The molecule has 0 aliphatic carbocycles. The smallest absolute Gasteiger partial charge is 0.0508 e. The van der Waals surface area contributed by atoms with Gasteiger partial charge in [0.2, 0.25) is 0 Å². The van der Waals surface area contributed by atoms with E-state index >= 15 is 0 Å². The molecule has 0 N–H and O–H groups in total. The van der Waals surface area contributed by atoms with Crippen LogP contribution in [0.5, 0.6) is 0 Å². The summed E-state index contributed by atoms with van der Waals surface area (Å²) in [5.41, 5.74) is 0.467. The molecular formula is C20H32N2O2S. The lowest BCUT2D eigenvalue weighted by Crippen LogP contribution is -2.49. The van der Waals surface area contributed by atoms with Crippen LogP contribution in [-0.2, 0) is 16.0 Å². The number of piperidine rings is 1. The molecule has 1 spiro atoms. The van der Waals surface area contributed by atoms with Gasteiger partial charge in [-0.05, 0) is 55.6 Å². The second kappa shape index (κ2) is 8.05. The maximum Gasteiger partial charge on any atom is 0.0508 e. The fourth-order valence-electron chi connectivity index (χ4n) is 5.27. The molecule has 3 fully saturated rings. The van der Waals surface area contributed by atoms with E-state index < -0.39 is 0 Å². The molecule has 0 saturated carbocycles. The fourth-order valence-corrected chi connectivity index (χ4v) is 6.02. The van der Waals surface area contributed by atoms with Crippen molar-refractivity contribution in [1.29, 1.82) is 0 Å². The minimum Gasteiger partial charge on any atom is -0.384 e. The Hall–Kier alpha value is -0.460. The Labute approximate surface area is 156 Å². The van der Waals surface area contributed by atoms with Crippen LogP contribution in [0.1, 0.15) is 30.6 Å². The quantitative estimate of drug-likeness (QED) is 0.802. The van der Waals surface area contributed by atoms with Crippen molar-refractivity contribution in [3.05, 3.63) is 22.4 Å². The molecule has 25 heavy (non-hydrogen) atoms. The Morgan fingerprint density at radius 2 is 2.08 bits per heavy atom. The van der Waals surface area contributed by atoms with Gasteiger partial charge in [-0.3, -0.25) is 4.90 Å². The first-order valence-electron chi connectivity index (χ1n) is 9.84. The normalized spacial score (nSPS) is 28.8. The molecule has 0 radical (unpaired) electrons.